The molecule has 2 N–H and O–H groups in total. The molecule has 96 valence electrons. The summed E-state index contributed by atoms with van der Waals surface area (Å²) in [7, 11) is 0. The number of β-amino-alcohol motifs (C(OH)–C–C–N with tert-alkyl or cyclic N) is 1. The topological polar surface area (TPSA) is 32.3 Å². The Kier molecular flexibility index (Phi) is 2.21. The molecule has 0 aromatic carbocycles. The molecule has 5 rings (SSSR count). The summed E-state index contributed by atoms with van der Waals surface area (Å²) in [4.78, 5) is 0. The van der Waals surface area contributed by atoms with Gasteiger partial charge in [-0.3, -0.25) is 0 Å². The van der Waals surface area contributed by atoms with Crippen LogP contribution in [0.5, 0.6) is 0 Å². The van der Waals surface area contributed by atoms with Crippen molar-refractivity contribution < 1.29 is 5.11 Å². The molecule has 1 heterocycles. The third kappa shape index (κ3) is 1.46. The van der Waals surface area contributed by atoms with Crippen LogP contribution in [-0.4, -0.2) is 23.8 Å². The predicted molar refractivity (Wildman–Crippen MR) is 67.7 cm³/mol. The molecule has 17 heavy (non-hydrogen) atoms. The van der Waals surface area contributed by atoms with E-state index in [4.69, 9.17) is 0 Å². The van der Waals surface area contributed by atoms with Crippen LogP contribution in [0.1, 0.15) is 51.4 Å². The summed E-state index contributed by atoms with van der Waals surface area (Å²) < 4.78 is 0. The molecule has 0 aromatic rings. The van der Waals surface area contributed by atoms with Crippen LogP contribution in [0.4, 0.5) is 0 Å². The summed E-state index contributed by atoms with van der Waals surface area (Å²) in [6.45, 7) is 1.97. The van der Waals surface area contributed by atoms with E-state index >= 15 is 0 Å². The van der Waals surface area contributed by atoms with Gasteiger partial charge in [-0.1, -0.05) is 0 Å². The van der Waals surface area contributed by atoms with E-state index in [1.807, 2.05) is 0 Å². The molecule has 1 saturated heterocycles. The highest BCUT2D eigenvalue weighted by Gasteiger charge is 2.59. The summed E-state index contributed by atoms with van der Waals surface area (Å²) in [5.74, 6) is 2.85. The number of rotatable bonds is 1. The molecule has 4 saturated carbocycles. The van der Waals surface area contributed by atoms with Crippen LogP contribution in [0.3, 0.4) is 0 Å². The van der Waals surface area contributed by atoms with Crippen LogP contribution in [0, 0.1) is 23.2 Å². The second kappa shape index (κ2) is 3.48. The van der Waals surface area contributed by atoms with Gasteiger partial charge in [0.25, 0.3) is 0 Å². The Balaban J connectivity index is 1.67. The SMILES string of the molecule is OC1(C23CC4CC(CC(C4)C2)C3)CCCNC1. The lowest BCUT2D eigenvalue weighted by atomic mass is 9.44. The first-order valence-electron chi connectivity index (χ1n) is 7.62. The Morgan fingerprint density at radius 3 is 2.00 bits per heavy atom. The Morgan fingerprint density at radius 2 is 1.53 bits per heavy atom. The second-order valence-electron chi connectivity index (χ2n) is 7.51. The van der Waals surface area contributed by atoms with Gasteiger partial charge in [-0.05, 0) is 75.7 Å². The average molecular weight is 235 g/mol. The standard InChI is InChI=1S/C15H25NO/c17-15(2-1-3-16-10-15)14-7-11-4-12(8-14)6-13(5-11)9-14/h11-13,16-17H,1-10H2. The molecule has 5 aliphatic rings. The van der Waals surface area contributed by atoms with Crippen LogP contribution in [0.15, 0.2) is 0 Å². The first-order chi connectivity index (χ1) is 8.19. The minimum absolute atomic E-state index is 0.301. The second-order valence-corrected chi connectivity index (χ2v) is 7.51. The van der Waals surface area contributed by atoms with Gasteiger partial charge >= 0.3 is 0 Å². The van der Waals surface area contributed by atoms with E-state index in [9.17, 15) is 5.11 Å². The van der Waals surface area contributed by atoms with Crippen molar-refractivity contribution in [2.24, 2.45) is 23.2 Å². The van der Waals surface area contributed by atoms with Gasteiger partial charge in [0.1, 0.15) is 0 Å². The smallest absolute Gasteiger partial charge is 0.0828 e. The molecule has 0 aromatic heterocycles. The highest BCUT2D eigenvalue weighted by molar-refractivity contribution is 5.11. The van der Waals surface area contributed by atoms with E-state index in [1.54, 1.807) is 0 Å². The van der Waals surface area contributed by atoms with Gasteiger partial charge < -0.3 is 10.4 Å². The Labute approximate surface area is 104 Å². The van der Waals surface area contributed by atoms with Crippen molar-refractivity contribution in [1.29, 1.82) is 0 Å². The summed E-state index contributed by atoms with van der Waals surface area (Å²) in [5.41, 5.74) is -0.0730. The lowest BCUT2D eigenvalue weighted by Crippen LogP contribution is -2.63. The van der Waals surface area contributed by atoms with Crippen LogP contribution in [0.2, 0.25) is 0 Å². The lowest BCUT2D eigenvalue weighted by Gasteiger charge is -2.63. The minimum atomic E-state index is -0.374. The molecule has 0 spiro atoms. The van der Waals surface area contributed by atoms with Crippen molar-refractivity contribution in [3.05, 3.63) is 0 Å². The summed E-state index contributed by atoms with van der Waals surface area (Å²) in [6, 6.07) is 0. The van der Waals surface area contributed by atoms with Gasteiger partial charge in [0, 0.05) is 12.0 Å². The number of hydrogen-bond acceptors (Lipinski definition) is 2. The van der Waals surface area contributed by atoms with E-state index in [0.29, 0.717) is 5.41 Å². The highest BCUT2D eigenvalue weighted by Crippen LogP contribution is 2.64. The quantitative estimate of drug-likeness (QED) is 0.731. The van der Waals surface area contributed by atoms with Crippen molar-refractivity contribution in [1.82, 2.24) is 5.32 Å². The molecule has 2 heteroatoms. The summed E-state index contributed by atoms with van der Waals surface area (Å²) in [5, 5.41) is 14.6. The van der Waals surface area contributed by atoms with Gasteiger partial charge in [-0.2, -0.15) is 0 Å². The van der Waals surface area contributed by atoms with Gasteiger partial charge in [0.05, 0.1) is 5.60 Å². The highest BCUT2D eigenvalue weighted by atomic mass is 16.3. The molecule has 0 amide bonds. The largest absolute Gasteiger partial charge is 0.388 e. The normalized spacial score (nSPS) is 57.4. The molecule has 4 aliphatic carbocycles. The van der Waals surface area contributed by atoms with Crippen molar-refractivity contribution >= 4 is 0 Å². The number of nitrogens with one attached hydrogen (secondary N) is 1. The van der Waals surface area contributed by atoms with Crippen molar-refractivity contribution in [2.45, 2.75) is 57.0 Å². The van der Waals surface area contributed by atoms with Crippen LogP contribution in [-0.2, 0) is 0 Å². The van der Waals surface area contributed by atoms with E-state index in [2.05, 4.69) is 5.32 Å². The summed E-state index contributed by atoms with van der Waals surface area (Å²) in [6.07, 6.45) is 10.6. The Bertz CT molecular complexity index is 284. The van der Waals surface area contributed by atoms with Crippen LogP contribution in [0.25, 0.3) is 0 Å². The Hall–Kier alpha value is -0.0800. The van der Waals surface area contributed by atoms with E-state index in [-0.39, 0.29) is 5.60 Å². The van der Waals surface area contributed by atoms with Crippen molar-refractivity contribution in [2.75, 3.05) is 13.1 Å². The van der Waals surface area contributed by atoms with Gasteiger partial charge in [0.2, 0.25) is 0 Å². The molecular weight excluding hydrogens is 210 g/mol. The number of aliphatic hydroxyl groups is 1. The third-order valence-electron chi connectivity index (χ3n) is 6.39. The van der Waals surface area contributed by atoms with Gasteiger partial charge in [0.15, 0.2) is 0 Å². The first-order valence-corrected chi connectivity index (χ1v) is 7.62. The molecule has 1 atom stereocenters. The number of piperidine rings is 1. The molecule has 1 aliphatic heterocycles. The molecule has 1 unspecified atom stereocenters. The van der Waals surface area contributed by atoms with E-state index in [0.717, 1.165) is 43.7 Å². The summed E-state index contributed by atoms with van der Waals surface area (Å²) >= 11 is 0. The molecule has 5 fully saturated rings. The predicted octanol–water partition coefficient (Wildman–Crippen LogP) is 2.32. The van der Waals surface area contributed by atoms with Gasteiger partial charge in [-0.25, -0.2) is 0 Å². The molecule has 0 radical (unpaired) electrons. The molecule has 2 nitrogen and oxygen atoms in total. The monoisotopic (exact) mass is 235 g/mol. The minimum Gasteiger partial charge on any atom is -0.388 e. The zero-order valence-corrected chi connectivity index (χ0v) is 10.8. The maximum Gasteiger partial charge on any atom is 0.0828 e. The zero-order valence-electron chi connectivity index (χ0n) is 10.8. The molecule has 4 bridgehead atoms. The Morgan fingerprint density at radius 1 is 0.941 bits per heavy atom. The fourth-order valence-corrected chi connectivity index (χ4v) is 6.02. The first kappa shape index (κ1) is 10.8. The average Bonchev–Trinajstić information content (AvgIpc) is 2.28. The molecular formula is C15H25NO. The lowest BCUT2D eigenvalue weighted by molar-refractivity contribution is -0.185. The fourth-order valence-electron chi connectivity index (χ4n) is 6.02. The van der Waals surface area contributed by atoms with Crippen LogP contribution >= 0.6 is 0 Å². The fraction of sp³-hybridized carbons (Fsp3) is 1.00. The van der Waals surface area contributed by atoms with E-state index in [1.165, 1.54) is 38.5 Å². The number of hydrogen-bond donors (Lipinski definition) is 2. The maximum absolute atomic E-state index is 11.2. The zero-order chi connectivity index (χ0) is 11.5. The van der Waals surface area contributed by atoms with E-state index < -0.39 is 0 Å². The van der Waals surface area contributed by atoms with Crippen molar-refractivity contribution in [3.8, 4) is 0 Å². The maximum atomic E-state index is 11.2. The third-order valence-corrected chi connectivity index (χ3v) is 6.39. The van der Waals surface area contributed by atoms with Gasteiger partial charge in [-0.15, -0.1) is 0 Å². The van der Waals surface area contributed by atoms with Crippen molar-refractivity contribution in [3.63, 3.8) is 0 Å². The van der Waals surface area contributed by atoms with Crippen LogP contribution < -0.4 is 5.32 Å².